The zero-order chi connectivity index (χ0) is 21.3. The van der Waals surface area contributed by atoms with E-state index in [4.69, 9.17) is 4.74 Å². The second-order valence-corrected chi connectivity index (χ2v) is 7.96. The molecule has 6 nitrogen and oxygen atoms in total. The van der Waals surface area contributed by atoms with Gasteiger partial charge >= 0.3 is 6.03 Å². The van der Waals surface area contributed by atoms with Crippen LogP contribution in [0.4, 0.5) is 4.79 Å². The number of carbonyl (C=O) groups is 2. The van der Waals surface area contributed by atoms with Gasteiger partial charge in [0.05, 0.1) is 14.2 Å². The van der Waals surface area contributed by atoms with Crippen LogP contribution in [0.3, 0.4) is 0 Å². The Bertz CT molecular complexity index is 1090. The lowest BCUT2D eigenvalue weighted by molar-refractivity contribution is -0.901. The molecule has 3 amide bonds. The van der Waals surface area contributed by atoms with Crippen LogP contribution in [-0.2, 0) is 16.9 Å². The first-order valence-electron chi connectivity index (χ1n) is 9.99. The molecule has 1 aliphatic rings. The number of amides is 3. The predicted molar refractivity (Wildman–Crippen MR) is 115 cm³/mol. The molecule has 0 radical (unpaired) electrons. The number of benzene rings is 3. The summed E-state index contributed by atoms with van der Waals surface area (Å²) in [6.07, 6.45) is 0. The van der Waals surface area contributed by atoms with E-state index in [2.05, 4.69) is 5.32 Å². The number of urea groups is 1. The summed E-state index contributed by atoms with van der Waals surface area (Å²) in [6.45, 7) is 2.76. The maximum atomic E-state index is 13.4. The minimum absolute atomic E-state index is 0.224. The molecule has 0 aromatic heterocycles. The van der Waals surface area contributed by atoms with E-state index in [9.17, 15) is 9.59 Å². The maximum absolute atomic E-state index is 13.4. The van der Waals surface area contributed by atoms with Gasteiger partial charge in [-0.2, -0.15) is 0 Å². The molecule has 154 valence electrons. The third-order valence-corrected chi connectivity index (χ3v) is 5.70. The van der Waals surface area contributed by atoms with Crippen molar-refractivity contribution in [1.82, 2.24) is 10.2 Å². The minimum Gasteiger partial charge on any atom is -0.497 e. The quantitative estimate of drug-likeness (QED) is 0.620. The van der Waals surface area contributed by atoms with Crippen molar-refractivity contribution in [3.63, 3.8) is 0 Å². The number of hydrogen-bond acceptors (Lipinski definition) is 3. The van der Waals surface area contributed by atoms with E-state index in [1.54, 1.807) is 14.0 Å². The number of rotatable bonds is 6. The SMILES string of the molecule is COc1ccc(C[NH+](C)CN2C(=O)N[C@](C)(c3cccc4ccccc34)C2=O)cc1. The molecule has 4 rings (SSSR count). The number of imide groups is 1. The molecule has 2 N–H and O–H groups in total. The van der Waals surface area contributed by atoms with Crippen LogP contribution in [-0.4, -0.2) is 37.7 Å². The highest BCUT2D eigenvalue weighted by Crippen LogP contribution is 2.33. The van der Waals surface area contributed by atoms with Crippen LogP contribution in [0.5, 0.6) is 5.75 Å². The summed E-state index contributed by atoms with van der Waals surface area (Å²) in [6, 6.07) is 21.2. The molecule has 1 fully saturated rings. The third kappa shape index (κ3) is 3.50. The first-order valence-corrected chi connectivity index (χ1v) is 9.99. The number of carbonyl (C=O) groups excluding carboxylic acids is 2. The van der Waals surface area contributed by atoms with E-state index >= 15 is 0 Å². The molecule has 30 heavy (non-hydrogen) atoms. The van der Waals surface area contributed by atoms with Crippen molar-refractivity contribution in [3.05, 3.63) is 77.9 Å². The number of hydrogen-bond donors (Lipinski definition) is 2. The van der Waals surface area contributed by atoms with Gasteiger partial charge in [0, 0.05) is 5.56 Å². The average molecular weight is 404 g/mol. The highest BCUT2D eigenvalue weighted by Gasteiger charge is 2.50. The Morgan fingerprint density at radius 1 is 1.00 bits per heavy atom. The fraction of sp³-hybridized carbons (Fsp3) is 0.250. The fourth-order valence-corrected chi connectivity index (χ4v) is 4.10. The molecule has 1 aliphatic heterocycles. The highest BCUT2D eigenvalue weighted by molar-refractivity contribution is 6.09. The van der Waals surface area contributed by atoms with Gasteiger partial charge in [0.2, 0.25) is 0 Å². The van der Waals surface area contributed by atoms with E-state index in [0.717, 1.165) is 32.5 Å². The molecule has 6 heteroatoms. The molecule has 1 saturated heterocycles. The second kappa shape index (κ2) is 7.80. The summed E-state index contributed by atoms with van der Waals surface area (Å²) in [4.78, 5) is 28.5. The van der Waals surface area contributed by atoms with Gasteiger partial charge in [-0.25, -0.2) is 9.69 Å². The number of nitrogens with one attached hydrogen (secondary N) is 2. The fourth-order valence-electron chi connectivity index (χ4n) is 4.10. The zero-order valence-corrected chi connectivity index (χ0v) is 17.4. The lowest BCUT2D eigenvalue weighted by Gasteiger charge is -2.24. The Balaban J connectivity index is 1.54. The van der Waals surface area contributed by atoms with Crippen LogP contribution in [0.1, 0.15) is 18.1 Å². The first kappa shape index (κ1) is 19.9. The van der Waals surface area contributed by atoms with Crippen LogP contribution < -0.4 is 15.0 Å². The minimum atomic E-state index is -1.08. The molecule has 1 heterocycles. The van der Waals surface area contributed by atoms with Crippen molar-refractivity contribution in [1.29, 1.82) is 0 Å². The van der Waals surface area contributed by atoms with Crippen LogP contribution in [0.15, 0.2) is 66.7 Å². The summed E-state index contributed by atoms with van der Waals surface area (Å²) in [5.74, 6) is 0.578. The third-order valence-electron chi connectivity index (χ3n) is 5.70. The van der Waals surface area contributed by atoms with Crippen molar-refractivity contribution in [2.24, 2.45) is 0 Å². The molecule has 0 saturated carbocycles. The molecule has 3 aromatic carbocycles. The second-order valence-electron chi connectivity index (χ2n) is 7.96. The molecule has 0 aliphatic carbocycles. The lowest BCUT2D eigenvalue weighted by atomic mass is 9.88. The summed E-state index contributed by atoms with van der Waals surface area (Å²) in [7, 11) is 3.61. The summed E-state index contributed by atoms with van der Waals surface area (Å²) in [5, 5.41) is 4.94. The average Bonchev–Trinajstić information content (AvgIpc) is 2.97. The Kier molecular flexibility index (Phi) is 5.18. The van der Waals surface area contributed by atoms with Gasteiger partial charge in [-0.3, -0.25) is 4.79 Å². The molecule has 1 unspecified atom stereocenters. The van der Waals surface area contributed by atoms with Crippen LogP contribution in [0.25, 0.3) is 10.8 Å². The summed E-state index contributed by atoms with van der Waals surface area (Å²) in [5.41, 5.74) is 0.838. The molecular weight excluding hydrogens is 378 g/mol. The van der Waals surface area contributed by atoms with Crippen molar-refractivity contribution in [2.45, 2.75) is 19.0 Å². The van der Waals surface area contributed by atoms with Crippen molar-refractivity contribution in [2.75, 3.05) is 20.8 Å². The van der Waals surface area contributed by atoms with Gasteiger partial charge < -0.3 is 15.0 Å². The smallest absolute Gasteiger partial charge is 0.329 e. The Morgan fingerprint density at radius 2 is 1.70 bits per heavy atom. The van der Waals surface area contributed by atoms with Crippen LogP contribution >= 0.6 is 0 Å². The Morgan fingerprint density at radius 3 is 2.43 bits per heavy atom. The van der Waals surface area contributed by atoms with Crippen LogP contribution in [0.2, 0.25) is 0 Å². The number of quaternary nitrogens is 1. The van der Waals surface area contributed by atoms with Gasteiger partial charge in [0.1, 0.15) is 17.8 Å². The Labute approximate surface area is 176 Å². The van der Waals surface area contributed by atoms with Gasteiger partial charge in [0.25, 0.3) is 5.91 Å². The lowest BCUT2D eigenvalue weighted by Crippen LogP contribution is -3.09. The van der Waals surface area contributed by atoms with E-state index in [0.29, 0.717) is 6.54 Å². The van der Waals surface area contributed by atoms with E-state index < -0.39 is 5.54 Å². The van der Waals surface area contributed by atoms with E-state index in [-0.39, 0.29) is 18.6 Å². The van der Waals surface area contributed by atoms with Crippen LogP contribution in [0, 0.1) is 0 Å². The van der Waals surface area contributed by atoms with Gasteiger partial charge in [0.15, 0.2) is 6.67 Å². The molecule has 0 bridgehead atoms. The van der Waals surface area contributed by atoms with Gasteiger partial charge in [-0.15, -0.1) is 0 Å². The highest BCUT2D eigenvalue weighted by atomic mass is 16.5. The normalized spacial score (nSPS) is 19.8. The van der Waals surface area contributed by atoms with Crippen molar-refractivity contribution in [3.8, 4) is 5.75 Å². The number of ether oxygens (including phenoxy) is 1. The zero-order valence-electron chi connectivity index (χ0n) is 17.4. The number of methoxy groups -OCH3 is 1. The topological polar surface area (TPSA) is 63.1 Å². The monoisotopic (exact) mass is 404 g/mol. The number of fused-ring (bicyclic) bond motifs is 1. The Hall–Kier alpha value is -3.38. The van der Waals surface area contributed by atoms with Gasteiger partial charge in [-0.05, 0) is 47.5 Å². The van der Waals surface area contributed by atoms with E-state index in [1.165, 1.54) is 4.90 Å². The molecule has 3 aromatic rings. The largest absolute Gasteiger partial charge is 0.497 e. The predicted octanol–water partition coefficient (Wildman–Crippen LogP) is 2.29. The van der Waals surface area contributed by atoms with E-state index in [1.807, 2.05) is 73.8 Å². The van der Waals surface area contributed by atoms with Crippen molar-refractivity contribution < 1.29 is 19.2 Å². The maximum Gasteiger partial charge on any atom is 0.329 e. The molecule has 0 spiro atoms. The van der Waals surface area contributed by atoms with Gasteiger partial charge in [-0.1, -0.05) is 42.5 Å². The van der Waals surface area contributed by atoms with Crippen molar-refractivity contribution >= 4 is 22.7 Å². The summed E-state index contributed by atoms with van der Waals surface area (Å²) < 4.78 is 5.19. The summed E-state index contributed by atoms with van der Waals surface area (Å²) >= 11 is 0. The number of nitrogens with zero attached hydrogens (tertiary/aromatic N) is 1. The first-order chi connectivity index (χ1) is 14.4. The standard InChI is InChI=1S/C24H25N3O3/c1-24(21-10-6-8-18-7-4-5-9-20(18)21)22(28)27(23(29)25-24)16-26(2)15-17-11-13-19(30-3)14-12-17/h4-14H,15-16H2,1-3H3,(H,25,29)/p+1/t24-/m1/s1. The molecule has 2 atom stereocenters. The molecular formula is C24H26N3O3+.